The first kappa shape index (κ1) is 14.6. The van der Waals surface area contributed by atoms with E-state index < -0.39 is 0 Å². The molecule has 1 aromatic heterocycles. The minimum Gasteiger partial charge on any atom is -0.399 e. The van der Waals surface area contributed by atoms with Crippen molar-refractivity contribution in [2.45, 2.75) is 38.6 Å². The fourth-order valence-electron chi connectivity index (χ4n) is 2.73. The fraction of sp³-hybridized carbons (Fsp3) is 0.412. The third-order valence-corrected chi connectivity index (χ3v) is 4.30. The van der Waals surface area contributed by atoms with Gasteiger partial charge in [0.05, 0.1) is 12.2 Å². The predicted molar refractivity (Wildman–Crippen MR) is 87.5 cm³/mol. The maximum atomic E-state index is 12.2. The molecule has 1 fully saturated rings. The molecule has 0 saturated heterocycles. The summed E-state index contributed by atoms with van der Waals surface area (Å²) in [5.41, 5.74) is 7.65. The summed E-state index contributed by atoms with van der Waals surface area (Å²) in [4.78, 5) is 12.2. The number of nitrogen functional groups attached to an aromatic ring is 1. The Hall–Kier alpha value is -2.30. The zero-order valence-electron chi connectivity index (χ0n) is 12.8. The van der Waals surface area contributed by atoms with E-state index in [9.17, 15) is 4.79 Å². The van der Waals surface area contributed by atoms with Crippen molar-refractivity contribution in [1.82, 2.24) is 9.78 Å². The molecule has 22 heavy (non-hydrogen) atoms. The molecule has 1 amide bonds. The van der Waals surface area contributed by atoms with Gasteiger partial charge in [-0.05, 0) is 43.7 Å². The second-order valence-electron chi connectivity index (χ2n) is 5.99. The van der Waals surface area contributed by atoms with Crippen LogP contribution in [0.3, 0.4) is 0 Å². The van der Waals surface area contributed by atoms with Gasteiger partial charge in [0.15, 0.2) is 0 Å². The molecule has 1 aliphatic carbocycles. The van der Waals surface area contributed by atoms with Crippen LogP contribution in [-0.2, 0) is 11.2 Å². The van der Waals surface area contributed by atoms with Crippen LogP contribution in [0, 0.1) is 5.92 Å². The fourth-order valence-corrected chi connectivity index (χ4v) is 2.73. The molecule has 1 aromatic carbocycles. The normalized spacial score (nSPS) is 15.5. The maximum Gasteiger partial charge on any atom is 0.225 e. The average Bonchev–Trinajstić information content (AvgIpc) is 3.26. The van der Waals surface area contributed by atoms with E-state index in [0.717, 1.165) is 17.1 Å². The Morgan fingerprint density at radius 1 is 1.41 bits per heavy atom. The number of aromatic nitrogens is 2. The number of para-hydroxylation sites is 1. The molecule has 0 spiro atoms. The number of hydrogen-bond donors (Lipinski definition) is 2. The van der Waals surface area contributed by atoms with Crippen LogP contribution in [-0.4, -0.2) is 15.7 Å². The summed E-state index contributed by atoms with van der Waals surface area (Å²) in [6.07, 6.45) is 5.30. The predicted octanol–water partition coefficient (Wildman–Crippen LogP) is 3.01. The Morgan fingerprint density at radius 3 is 2.91 bits per heavy atom. The number of benzene rings is 1. The molecule has 0 radical (unpaired) electrons. The Labute approximate surface area is 130 Å². The first-order chi connectivity index (χ1) is 10.6. The first-order valence-corrected chi connectivity index (χ1v) is 7.82. The van der Waals surface area contributed by atoms with Crippen LogP contribution in [0.4, 0.5) is 11.5 Å². The van der Waals surface area contributed by atoms with Crippen LogP contribution in [0.5, 0.6) is 0 Å². The lowest BCUT2D eigenvalue weighted by Crippen LogP contribution is -2.18. The lowest BCUT2D eigenvalue weighted by molar-refractivity contribution is -0.116. The minimum absolute atomic E-state index is 0.00648. The Morgan fingerprint density at radius 2 is 2.18 bits per heavy atom. The van der Waals surface area contributed by atoms with Gasteiger partial charge in [0.1, 0.15) is 5.82 Å². The number of anilines is 2. The van der Waals surface area contributed by atoms with Gasteiger partial charge in [0.25, 0.3) is 0 Å². The second-order valence-corrected chi connectivity index (χ2v) is 5.99. The molecule has 1 unspecified atom stereocenters. The first-order valence-electron chi connectivity index (χ1n) is 7.82. The molecule has 2 aromatic rings. The minimum atomic E-state index is -0.00648. The molecule has 116 valence electrons. The number of carbonyl (C=O) groups is 1. The SMILES string of the molecule is CC(C1CC1)n1nccc1NC(=O)CCc1ccccc1N. The quantitative estimate of drug-likeness (QED) is 0.805. The van der Waals surface area contributed by atoms with E-state index in [1.54, 1.807) is 6.20 Å². The Kier molecular flexibility index (Phi) is 4.13. The van der Waals surface area contributed by atoms with Crippen LogP contribution in [0.15, 0.2) is 36.5 Å². The molecule has 1 aliphatic rings. The molecule has 5 nitrogen and oxygen atoms in total. The third kappa shape index (κ3) is 3.30. The van der Waals surface area contributed by atoms with Crippen LogP contribution in [0.2, 0.25) is 0 Å². The number of nitrogens with two attached hydrogens (primary N) is 1. The maximum absolute atomic E-state index is 12.2. The highest BCUT2D eigenvalue weighted by molar-refractivity contribution is 5.90. The number of nitrogens with zero attached hydrogens (tertiary/aromatic N) is 2. The molecule has 0 bridgehead atoms. The van der Waals surface area contributed by atoms with Gasteiger partial charge in [-0.15, -0.1) is 0 Å². The number of amides is 1. The van der Waals surface area contributed by atoms with E-state index in [0.29, 0.717) is 24.8 Å². The standard InChI is InChI=1S/C17H22N4O/c1-12(13-6-7-13)21-16(10-11-19-21)20-17(22)9-8-14-4-2-3-5-15(14)18/h2-5,10-13H,6-9,18H2,1H3,(H,20,22). The number of rotatable bonds is 6. The highest BCUT2D eigenvalue weighted by Crippen LogP contribution is 2.40. The lowest BCUT2D eigenvalue weighted by atomic mass is 10.1. The molecule has 0 aliphatic heterocycles. The molecule has 1 atom stereocenters. The van der Waals surface area contributed by atoms with Crippen molar-refractivity contribution in [3.05, 3.63) is 42.1 Å². The summed E-state index contributed by atoms with van der Waals surface area (Å²) in [5.74, 6) is 1.47. The van der Waals surface area contributed by atoms with Crippen molar-refractivity contribution in [1.29, 1.82) is 0 Å². The van der Waals surface area contributed by atoms with Crippen LogP contribution >= 0.6 is 0 Å². The van der Waals surface area contributed by atoms with Gasteiger partial charge >= 0.3 is 0 Å². The average molecular weight is 298 g/mol. The topological polar surface area (TPSA) is 72.9 Å². The number of hydrogen-bond acceptors (Lipinski definition) is 3. The van der Waals surface area contributed by atoms with Crippen molar-refractivity contribution >= 4 is 17.4 Å². The molecule has 3 N–H and O–H groups in total. The number of nitrogens with one attached hydrogen (secondary N) is 1. The van der Waals surface area contributed by atoms with E-state index in [4.69, 9.17) is 5.73 Å². The van der Waals surface area contributed by atoms with Gasteiger partial charge < -0.3 is 11.1 Å². The highest BCUT2D eigenvalue weighted by atomic mass is 16.1. The van der Waals surface area contributed by atoms with Gasteiger partial charge in [0, 0.05) is 18.2 Å². The molecule has 1 heterocycles. The van der Waals surface area contributed by atoms with E-state index in [1.165, 1.54) is 12.8 Å². The van der Waals surface area contributed by atoms with E-state index >= 15 is 0 Å². The van der Waals surface area contributed by atoms with Crippen molar-refractivity contribution in [3.63, 3.8) is 0 Å². The zero-order chi connectivity index (χ0) is 15.5. The van der Waals surface area contributed by atoms with Gasteiger partial charge in [0.2, 0.25) is 5.91 Å². The van der Waals surface area contributed by atoms with Crippen molar-refractivity contribution in [3.8, 4) is 0 Å². The smallest absolute Gasteiger partial charge is 0.225 e. The van der Waals surface area contributed by atoms with Crippen molar-refractivity contribution < 1.29 is 4.79 Å². The van der Waals surface area contributed by atoms with Gasteiger partial charge in [-0.2, -0.15) is 5.10 Å². The summed E-state index contributed by atoms with van der Waals surface area (Å²) in [7, 11) is 0. The molecular formula is C17H22N4O. The Balaban J connectivity index is 1.58. The summed E-state index contributed by atoms with van der Waals surface area (Å²) < 4.78 is 1.92. The highest BCUT2D eigenvalue weighted by Gasteiger charge is 2.30. The molecule has 3 rings (SSSR count). The van der Waals surface area contributed by atoms with E-state index in [1.807, 2.05) is 35.0 Å². The van der Waals surface area contributed by atoms with Gasteiger partial charge in [-0.3, -0.25) is 4.79 Å². The van der Waals surface area contributed by atoms with Crippen molar-refractivity contribution in [2.75, 3.05) is 11.1 Å². The van der Waals surface area contributed by atoms with Gasteiger partial charge in [-0.25, -0.2) is 4.68 Å². The van der Waals surface area contributed by atoms with Crippen LogP contribution < -0.4 is 11.1 Å². The second kappa shape index (κ2) is 6.22. The largest absolute Gasteiger partial charge is 0.399 e. The van der Waals surface area contributed by atoms with E-state index in [2.05, 4.69) is 17.3 Å². The van der Waals surface area contributed by atoms with Gasteiger partial charge in [-0.1, -0.05) is 18.2 Å². The molecule has 5 heteroatoms. The molecule has 1 saturated carbocycles. The summed E-state index contributed by atoms with van der Waals surface area (Å²) in [5, 5.41) is 7.31. The van der Waals surface area contributed by atoms with E-state index in [-0.39, 0.29) is 5.91 Å². The number of carbonyl (C=O) groups excluding carboxylic acids is 1. The lowest BCUT2D eigenvalue weighted by Gasteiger charge is -2.15. The summed E-state index contributed by atoms with van der Waals surface area (Å²) >= 11 is 0. The monoisotopic (exact) mass is 298 g/mol. The third-order valence-electron chi connectivity index (χ3n) is 4.30. The number of aryl methyl sites for hydroxylation is 1. The van der Waals surface area contributed by atoms with Crippen molar-refractivity contribution in [2.24, 2.45) is 5.92 Å². The summed E-state index contributed by atoms with van der Waals surface area (Å²) in [6, 6.07) is 9.86. The molecular weight excluding hydrogens is 276 g/mol. The van der Waals surface area contributed by atoms with Crippen LogP contribution in [0.1, 0.15) is 37.8 Å². The van der Waals surface area contributed by atoms with Crippen LogP contribution in [0.25, 0.3) is 0 Å². The summed E-state index contributed by atoms with van der Waals surface area (Å²) in [6.45, 7) is 2.16. The zero-order valence-corrected chi connectivity index (χ0v) is 12.8. The Bertz CT molecular complexity index is 660.